The lowest BCUT2D eigenvalue weighted by molar-refractivity contribution is -0.425. The van der Waals surface area contributed by atoms with Crippen molar-refractivity contribution >= 4 is 17.6 Å². The number of nitrogens with two attached hydrogens (primary N) is 1. The van der Waals surface area contributed by atoms with Crippen molar-refractivity contribution in [3.05, 3.63) is 11.8 Å². The molecule has 0 unspecified atom stereocenters. The molecule has 12 heteroatoms. The van der Waals surface area contributed by atoms with Crippen LogP contribution in [0.15, 0.2) is 6.20 Å². The van der Waals surface area contributed by atoms with Gasteiger partial charge in [-0.2, -0.15) is 28.8 Å². The quantitative estimate of drug-likeness (QED) is 0.345. The van der Waals surface area contributed by atoms with Crippen LogP contribution in [-0.4, -0.2) is 58.1 Å². The molecule has 1 aliphatic carbocycles. The SMILES string of the molecule is N#C[C@H]1CC[N+](C(=N)[C@H]2CCC[C@@H](Nc3ncc(C(F)(F)F)c(OC4COC4)n3)C2)=C(N)C1. The number of nitrogens with zero attached hydrogens (tertiary/aromatic N) is 4. The molecule has 2 aliphatic heterocycles. The molecule has 1 aromatic heterocycles. The highest BCUT2D eigenvalue weighted by atomic mass is 19.4. The second kappa shape index (κ2) is 9.51. The van der Waals surface area contributed by atoms with Gasteiger partial charge in [-0.15, -0.1) is 0 Å². The van der Waals surface area contributed by atoms with Gasteiger partial charge in [-0.25, -0.2) is 9.56 Å². The minimum absolute atomic E-state index is 0.0503. The lowest BCUT2D eigenvalue weighted by atomic mass is 9.84. The number of hydrogen-bond acceptors (Lipinski definition) is 8. The number of anilines is 1. The highest BCUT2D eigenvalue weighted by Crippen LogP contribution is 2.36. The number of alkyl halides is 3. The topological polar surface area (TPSA) is 133 Å². The maximum absolute atomic E-state index is 13.3. The minimum atomic E-state index is -4.63. The average Bonchev–Trinajstić information content (AvgIpc) is 2.75. The first-order valence-electron chi connectivity index (χ1n) is 11.1. The van der Waals surface area contributed by atoms with Gasteiger partial charge < -0.3 is 20.5 Å². The number of ether oxygens (including phenoxy) is 2. The Bertz CT molecular complexity index is 972. The van der Waals surface area contributed by atoms with Crippen LogP contribution >= 0.6 is 0 Å². The summed E-state index contributed by atoms with van der Waals surface area (Å²) < 4.78 is 52.2. The Hall–Kier alpha value is -2.94. The number of aromatic nitrogens is 2. The summed E-state index contributed by atoms with van der Waals surface area (Å²) in [5.74, 6) is 0.367. The highest BCUT2D eigenvalue weighted by Gasteiger charge is 2.38. The third-order valence-corrected chi connectivity index (χ3v) is 6.32. The Morgan fingerprint density at radius 1 is 1.33 bits per heavy atom. The predicted molar refractivity (Wildman–Crippen MR) is 112 cm³/mol. The van der Waals surface area contributed by atoms with Gasteiger partial charge in [-0.1, -0.05) is 6.42 Å². The van der Waals surface area contributed by atoms with Crippen molar-refractivity contribution in [3.63, 3.8) is 0 Å². The first-order valence-corrected chi connectivity index (χ1v) is 11.1. The van der Waals surface area contributed by atoms with E-state index in [4.69, 9.17) is 25.9 Å². The van der Waals surface area contributed by atoms with Gasteiger partial charge in [0.05, 0.1) is 31.7 Å². The maximum atomic E-state index is 13.3. The van der Waals surface area contributed by atoms with Crippen LogP contribution in [0.4, 0.5) is 19.1 Å². The summed E-state index contributed by atoms with van der Waals surface area (Å²) in [7, 11) is 0. The van der Waals surface area contributed by atoms with Gasteiger partial charge in [0.1, 0.15) is 11.7 Å². The zero-order chi connectivity index (χ0) is 23.6. The molecule has 0 spiro atoms. The van der Waals surface area contributed by atoms with Gasteiger partial charge in [-0.05, 0) is 25.7 Å². The zero-order valence-corrected chi connectivity index (χ0v) is 18.1. The van der Waals surface area contributed by atoms with Gasteiger partial charge in [0.25, 0.3) is 0 Å². The molecular weight excluding hydrogens is 439 g/mol. The number of hydrogen-bond donors (Lipinski definition) is 3. The molecule has 1 aromatic rings. The monoisotopic (exact) mass is 466 g/mol. The molecule has 4 N–H and O–H groups in total. The second-order valence-electron chi connectivity index (χ2n) is 8.74. The van der Waals surface area contributed by atoms with Crippen molar-refractivity contribution in [1.82, 2.24) is 9.97 Å². The molecule has 3 heterocycles. The van der Waals surface area contributed by atoms with Crippen LogP contribution in [0.1, 0.15) is 44.1 Å². The predicted octanol–water partition coefficient (Wildman–Crippen LogP) is 2.52. The minimum Gasteiger partial charge on any atom is -0.469 e. The fourth-order valence-electron chi connectivity index (χ4n) is 4.41. The molecule has 9 nitrogen and oxygen atoms in total. The number of halogens is 3. The fraction of sp³-hybridized carbons (Fsp3) is 0.667. The third kappa shape index (κ3) is 5.35. The first-order chi connectivity index (χ1) is 15.7. The largest absolute Gasteiger partial charge is 0.469 e. The molecule has 0 radical (unpaired) electrons. The Kier molecular flexibility index (Phi) is 6.69. The van der Waals surface area contributed by atoms with Gasteiger partial charge >= 0.3 is 6.18 Å². The van der Waals surface area contributed by atoms with E-state index in [1.165, 1.54) is 0 Å². The lowest BCUT2D eigenvalue weighted by Crippen LogP contribution is -2.43. The Morgan fingerprint density at radius 2 is 2.12 bits per heavy atom. The summed E-state index contributed by atoms with van der Waals surface area (Å²) in [6.45, 7) is 0.996. The second-order valence-corrected chi connectivity index (χ2v) is 8.74. The van der Waals surface area contributed by atoms with Crippen molar-refractivity contribution in [2.24, 2.45) is 17.6 Å². The van der Waals surface area contributed by atoms with Gasteiger partial charge in [-0.3, -0.25) is 0 Å². The molecule has 33 heavy (non-hydrogen) atoms. The fourth-order valence-corrected chi connectivity index (χ4v) is 4.41. The molecule has 3 atom stereocenters. The third-order valence-electron chi connectivity index (χ3n) is 6.32. The van der Waals surface area contributed by atoms with Crippen molar-refractivity contribution in [1.29, 1.82) is 10.7 Å². The van der Waals surface area contributed by atoms with Crippen LogP contribution in [0.2, 0.25) is 0 Å². The lowest BCUT2D eigenvalue weighted by Gasteiger charge is -2.31. The van der Waals surface area contributed by atoms with Crippen molar-refractivity contribution in [2.45, 2.75) is 56.8 Å². The van der Waals surface area contributed by atoms with Crippen LogP contribution in [0.5, 0.6) is 5.88 Å². The molecular formula is C21H27F3N7O2+. The summed E-state index contributed by atoms with van der Waals surface area (Å²) in [6.07, 6.45) is -0.142. The molecule has 0 aromatic carbocycles. The van der Waals surface area contributed by atoms with Crippen molar-refractivity contribution < 1.29 is 27.2 Å². The van der Waals surface area contributed by atoms with Crippen LogP contribution in [0.25, 0.3) is 0 Å². The van der Waals surface area contributed by atoms with Gasteiger partial charge in [0.2, 0.25) is 17.7 Å². The summed E-state index contributed by atoms with van der Waals surface area (Å²) in [6, 6.07) is 2.14. The summed E-state index contributed by atoms with van der Waals surface area (Å²) in [4.78, 5) is 7.87. The number of amidine groups is 2. The summed E-state index contributed by atoms with van der Waals surface area (Å²) in [5.41, 5.74) is 5.11. The van der Waals surface area contributed by atoms with Crippen LogP contribution in [-0.2, 0) is 10.9 Å². The molecule has 0 bridgehead atoms. The Morgan fingerprint density at radius 3 is 2.76 bits per heavy atom. The smallest absolute Gasteiger partial charge is 0.423 e. The van der Waals surface area contributed by atoms with Crippen molar-refractivity contribution in [2.75, 3.05) is 25.1 Å². The van der Waals surface area contributed by atoms with E-state index in [0.717, 1.165) is 25.5 Å². The summed E-state index contributed by atoms with van der Waals surface area (Å²) >= 11 is 0. The number of nitrogens with one attached hydrogen (secondary N) is 2. The van der Waals surface area contributed by atoms with Crippen LogP contribution < -0.4 is 15.8 Å². The van der Waals surface area contributed by atoms with Crippen molar-refractivity contribution in [3.8, 4) is 11.9 Å². The van der Waals surface area contributed by atoms with E-state index in [2.05, 4.69) is 21.4 Å². The molecule has 0 amide bonds. The highest BCUT2D eigenvalue weighted by molar-refractivity contribution is 5.85. The molecule has 1 saturated carbocycles. The van der Waals surface area contributed by atoms with Gasteiger partial charge in [0.15, 0.2) is 5.84 Å². The Labute approximate surface area is 189 Å². The zero-order valence-electron chi connectivity index (χ0n) is 18.1. The molecule has 2 fully saturated rings. The number of nitriles is 1. The Balaban J connectivity index is 1.44. The number of rotatable bonds is 5. The molecule has 4 rings (SSSR count). The molecule has 3 aliphatic rings. The average molecular weight is 466 g/mol. The molecule has 1 saturated heterocycles. The van der Waals surface area contributed by atoms with E-state index in [1.54, 1.807) is 4.58 Å². The summed E-state index contributed by atoms with van der Waals surface area (Å²) in [5, 5.41) is 20.9. The van der Waals surface area contributed by atoms with E-state index < -0.39 is 23.7 Å². The van der Waals surface area contributed by atoms with Crippen LogP contribution in [0, 0.1) is 28.6 Å². The van der Waals surface area contributed by atoms with E-state index >= 15 is 0 Å². The maximum Gasteiger partial charge on any atom is 0.423 e. The molecule has 178 valence electrons. The first kappa shape index (κ1) is 23.2. The van der Waals surface area contributed by atoms with E-state index in [-0.39, 0.29) is 37.0 Å². The van der Waals surface area contributed by atoms with E-state index in [0.29, 0.717) is 37.5 Å². The standard InChI is InChI=1S/C21H26F3N7O2/c22-21(23,24)16-9-28-20(30-19(16)33-15-10-32-11-15)29-14-3-1-2-13(7-14)18(27)31-5-4-12(8-25)6-17(31)26/h9,12-15,26-27H,1-7,10-11H2,(H,28,29,30)/p+1/t12-,13-,14+/m0/s1. The van der Waals surface area contributed by atoms with Gasteiger partial charge in [0, 0.05) is 24.6 Å². The van der Waals surface area contributed by atoms with Crippen LogP contribution in [0.3, 0.4) is 0 Å². The normalized spacial score (nSPS) is 26.3. The van der Waals surface area contributed by atoms with E-state index in [1.807, 2.05) is 0 Å². The van der Waals surface area contributed by atoms with E-state index in [9.17, 15) is 13.2 Å².